The van der Waals surface area contributed by atoms with Gasteiger partial charge in [0, 0.05) is 6.61 Å². The molecule has 3 aliphatic rings. The van der Waals surface area contributed by atoms with Crippen molar-refractivity contribution in [3.05, 3.63) is 65.7 Å². The highest BCUT2D eigenvalue weighted by Gasteiger charge is 2.59. The minimum atomic E-state index is -4.18. The Labute approximate surface area is 185 Å². The summed E-state index contributed by atoms with van der Waals surface area (Å²) in [5.41, 5.74) is 2.16. The number of nitrogens with zero attached hydrogens (tertiary/aromatic N) is 1. The summed E-state index contributed by atoms with van der Waals surface area (Å²) in [4.78, 5) is 0.0122. The minimum absolute atomic E-state index is 0.0122. The maximum Gasteiger partial charge on any atom is 0.269 e. The quantitative estimate of drug-likeness (QED) is 0.397. The molecule has 0 saturated heterocycles. The fraction of sp³-hybridized carbons (Fsp3) is 0.520. The van der Waals surface area contributed by atoms with Crippen molar-refractivity contribution in [2.75, 3.05) is 6.61 Å². The lowest BCUT2D eigenvalue weighted by Crippen LogP contribution is -2.61. The molecule has 0 aliphatic heterocycles. The van der Waals surface area contributed by atoms with Gasteiger partial charge in [0.2, 0.25) is 0 Å². The van der Waals surface area contributed by atoms with Gasteiger partial charge in [-0.3, -0.25) is 0 Å². The maximum atomic E-state index is 15.5. The van der Waals surface area contributed by atoms with Crippen LogP contribution in [-0.4, -0.2) is 25.6 Å². The van der Waals surface area contributed by atoms with E-state index in [-0.39, 0.29) is 20.8 Å². The molecule has 2 aromatic rings. The van der Waals surface area contributed by atoms with Crippen molar-refractivity contribution in [3.8, 4) is 0 Å². The van der Waals surface area contributed by atoms with Gasteiger partial charge in [-0.2, -0.15) is 0 Å². The molecule has 3 saturated carbocycles. The third-order valence-corrected chi connectivity index (χ3v) is 9.20. The van der Waals surface area contributed by atoms with Crippen LogP contribution in [-0.2, 0) is 21.4 Å². The molecule has 5 rings (SSSR count). The smallest absolute Gasteiger partial charge is 0.269 e. The van der Waals surface area contributed by atoms with E-state index >= 15 is 4.48 Å². The van der Waals surface area contributed by atoms with Crippen LogP contribution in [0.2, 0.25) is 0 Å². The monoisotopic (exact) mass is 445 g/mol. The second kappa shape index (κ2) is 8.64. The van der Waals surface area contributed by atoms with Crippen LogP contribution in [0.15, 0.2) is 59.5 Å². The minimum Gasteiger partial charge on any atom is -0.377 e. The SMILES string of the molecule is Cc1ccc(S(=O)(=O)N(F)[C@H]2C[C@H]3C[C@@H]([C@@H]2CCOCc2ccccc2)C3(C)C)cc1. The van der Waals surface area contributed by atoms with Crippen molar-refractivity contribution in [2.45, 2.75) is 57.6 Å². The summed E-state index contributed by atoms with van der Waals surface area (Å²) in [5, 5.41) is 0. The van der Waals surface area contributed by atoms with Crippen molar-refractivity contribution in [3.63, 3.8) is 0 Å². The first-order chi connectivity index (χ1) is 14.7. The first-order valence-electron chi connectivity index (χ1n) is 11.1. The van der Waals surface area contributed by atoms with E-state index in [2.05, 4.69) is 13.8 Å². The molecule has 3 fully saturated rings. The lowest BCUT2D eigenvalue weighted by atomic mass is 9.44. The van der Waals surface area contributed by atoms with E-state index in [1.54, 1.807) is 12.1 Å². The van der Waals surface area contributed by atoms with Gasteiger partial charge in [-0.1, -0.05) is 61.9 Å². The summed E-state index contributed by atoms with van der Waals surface area (Å²) in [6, 6.07) is 15.7. The lowest BCUT2D eigenvalue weighted by molar-refractivity contribution is -0.160. The summed E-state index contributed by atoms with van der Waals surface area (Å²) in [7, 11) is -4.18. The van der Waals surface area contributed by atoms with Crippen molar-refractivity contribution in [1.29, 1.82) is 0 Å². The predicted octanol–water partition coefficient (Wildman–Crippen LogP) is 5.53. The van der Waals surface area contributed by atoms with Crippen LogP contribution in [0, 0.1) is 30.1 Å². The van der Waals surface area contributed by atoms with Gasteiger partial charge in [0.1, 0.15) is 0 Å². The van der Waals surface area contributed by atoms with Gasteiger partial charge in [0.25, 0.3) is 10.0 Å². The molecule has 0 heterocycles. The van der Waals surface area contributed by atoms with Gasteiger partial charge in [-0.05, 0) is 71.6 Å². The van der Waals surface area contributed by atoms with E-state index in [9.17, 15) is 8.42 Å². The number of benzene rings is 2. The largest absolute Gasteiger partial charge is 0.377 e. The summed E-state index contributed by atoms with van der Waals surface area (Å²) in [6.45, 7) is 7.35. The van der Waals surface area contributed by atoms with Crippen molar-refractivity contribution in [1.82, 2.24) is 4.53 Å². The Morgan fingerprint density at radius 1 is 1.06 bits per heavy atom. The zero-order valence-electron chi connectivity index (χ0n) is 18.5. The maximum absolute atomic E-state index is 15.5. The highest BCUT2D eigenvalue weighted by atomic mass is 32.2. The van der Waals surface area contributed by atoms with Crippen LogP contribution in [0.5, 0.6) is 0 Å². The van der Waals surface area contributed by atoms with Gasteiger partial charge < -0.3 is 4.74 Å². The number of aryl methyl sites for hydroxylation is 1. The Morgan fingerprint density at radius 3 is 2.39 bits per heavy atom. The number of sulfonamides is 1. The second-order valence-corrected chi connectivity index (χ2v) is 11.5. The first-order valence-corrected chi connectivity index (χ1v) is 12.5. The van der Waals surface area contributed by atoms with Crippen molar-refractivity contribution in [2.24, 2.45) is 23.2 Å². The molecular formula is C25H32FNO3S. The van der Waals surface area contributed by atoms with Crippen LogP contribution in [0.3, 0.4) is 0 Å². The molecule has 0 amide bonds. The topological polar surface area (TPSA) is 46.6 Å². The normalized spacial score (nSPS) is 27.1. The van der Waals surface area contributed by atoms with Crippen LogP contribution >= 0.6 is 0 Å². The molecule has 0 spiro atoms. The van der Waals surface area contributed by atoms with E-state index in [1.807, 2.05) is 37.3 Å². The number of hydrogen-bond acceptors (Lipinski definition) is 3. The Bertz CT molecular complexity index is 991. The molecule has 0 radical (unpaired) electrons. The van der Waals surface area contributed by atoms with Crippen LogP contribution in [0.4, 0.5) is 4.48 Å². The molecule has 0 N–H and O–H groups in total. The predicted molar refractivity (Wildman–Crippen MR) is 119 cm³/mol. The molecule has 4 nitrogen and oxygen atoms in total. The van der Waals surface area contributed by atoms with E-state index in [1.165, 1.54) is 12.1 Å². The highest BCUT2D eigenvalue weighted by Crippen LogP contribution is 2.63. The molecule has 4 atom stereocenters. The average molecular weight is 446 g/mol. The zero-order chi connectivity index (χ0) is 22.2. The number of halogens is 1. The van der Waals surface area contributed by atoms with Gasteiger partial charge in [0.05, 0.1) is 17.5 Å². The molecule has 31 heavy (non-hydrogen) atoms. The first kappa shape index (κ1) is 22.4. The molecule has 0 unspecified atom stereocenters. The molecule has 6 heteroatoms. The standard InChI is InChI=1S/C25H32FNO3S/c1-18-9-11-21(12-10-18)31(28,29)27(26)24-16-20-15-23(25(20,2)3)22(24)13-14-30-17-19-7-5-4-6-8-19/h4-12,20,22-24H,13-17H2,1-3H3/t20-,22+,23+,24+/m1/s1. The van der Waals surface area contributed by atoms with Gasteiger partial charge >= 0.3 is 0 Å². The fourth-order valence-electron chi connectivity index (χ4n) is 5.52. The van der Waals surface area contributed by atoms with E-state index in [4.69, 9.17) is 4.74 Å². The van der Waals surface area contributed by atoms with Gasteiger partial charge in [0.15, 0.2) is 0 Å². The Hall–Kier alpha value is -1.76. The fourth-order valence-corrected chi connectivity index (χ4v) is 6.80. The number of ether oxygens (including phenoxy) is 1. The lowest BCUT2D eigenvalue weighted by Gasteiger charge is -2.63. The number of rotatable bonds is 8. The Kier molecular flexibility index (Phi) is 6.25. The Balaban J connectivity index is 1.47. The number of hydrogen-bond donors (Lipinski definition) is 0. The average Bonchev–Trinajstić information content (AvgIpc) is 2.77. The molecule has 2 bridgehead atoms. The molecule has 0 aromatic heterocycles. The van der Waals surface area contributed by atoms with Crippen LogP contribution in [0.1, 0.15) is 44.2 Å². The van der Waals surface area contributed by atoms with E-state index in [0.29, 0.717) is 37.9 Å². The molecular weight excluding hydrogens is 413 g/mol. The molecule has 2 aromatic carbocycles. The zero-order valence-corrected chi connectivity index (χ0v) is 19.3. The van der Waals surface area contributed by atoms with Crippen LogP contribution in [0.25, 0.3) is 0 Å². The second-order valence-electron chi connectivity index (χ2n) is 9.71. The summed E-state index contributed by atoms with van der Waals surface area (Å²) in [6.07, 6.45) is 2.27. The third-order valence-electron chi connectivity index (χ3n) is 7.60. The number of fused-ring (bicyclic) bond motifs is 2. The van der Waals surface area contributed by atoms with Gasteiger partial charge in [-0.15, -0.1) is 4.48 Å². The Morgan fingerprint density at radius 2 is 1.74 bits per heavy atom. The van der Waals surface area contributed by atoms with Crippen LogP contribution < -0.4 is 0 Å². The van der Waals surface area contributed by atoms with Crippen molar-refractivity contribution < 1.29 is 17.6 Å². The summed E-state index contributed by atoms with van der Waals surface area (Å²) >= 11 is 0. The molecule has 3 aliphatic carbocycles. The highest BCUT2D eigenvalue weighted by molar-refractivity contribution is 7.89. The van der Waals surface area contributed by atoms with E-state index in [0.717, 1.165) is 17.5 Å². The summed E-state index contributed by atoms with van der Waals surface area (Å²) < 4.78 is 47.6. The summed E-state index contributed by atoms with van der Waals surface area (Å²) in [5.74, 6) is 0.611. The molecule has 168 valence electrons. The third kappa shape index (κ3) is 4.30. The van der Waals surface area contributed by atoms with E-state index < -0.39 is 16.1 Å². The van der Waals surface area contributed by atoms with Gasteiger partial charge in [-0.25, -0.2) is 8.42 Å². The van der Waals surface area contributed by atoms with Crippen molar-refractivity contribution >= 4 is 10.0 Å².